The zero-order chi connectivity index (χ0) is 26.0. The SMILES string of the molecule is C[C@H](Nc1ncc(F)c(-c2cnc3c(C(F)F)cccn23)n1)c1ccc([C@H](O)CNC(C)(C)C)cc1. The first-order valence-corrected chi connectivity index (χ1v) is 11.6. The number of aliphatic hydroxyl groups is 1. The molecule has 7 nitrogen and oxygen atoms in total. The third-order valence-electron chi connectivity index (χ3n) is 5.78. The van der Waals surface area contributed by atoms with E-state index >= 15 is 0 Å². The molecule has 0 saturated heterocycles. The zero-order valence-corrected chi connectivity index (χ0v) is 20.5. The second-order valence-corrected chi connectivity index (χ2v) is 9.67. The van der Waals surface area contributed by atoms with Gasteiger partial charge in [0.2, 0.25) is 5.95 Å². The van der Waals surface area contributed by atoms with Gasteiger partial charge < -0.3 is 15.7 Å². The Bertz CT molecular complexity index is 1330. The number of β-amino-alcohol motifs (C(OH)–C–C–N with tert-alkyl or cyclic N) is 1. The molecule has 0 fully saturated rings. The quantitative estimate of drug-likeness (QED) is 0.299. The van der Waals surface area contributed by atoms with Gasteiger partial charge in [-0.15, -0.1) is 0 Å². The van der Waals surface area contributed by atoms with Crippen molar-refractivity contribution in [2.75, 3.05) is 11.9 Å². The Kier molecular flexibility index (Phi) is 7.28. The Morgan fingerprint density at radius 3 is 2.39 bits per heavy atom. The number of nitrogens with one attached hydrogen (secondary N) is 2. The van der Waals surface area contributed by atoms with E-state index in [-0.39, 0.29) is 40.1 Å². The van der Waals surface area contributed by atoms with E-state index in [1.165, 1.54) is 28.9 Å². The molecule has 2 atom stereocenters. The van der Waals surface area contributed by atoms with Gasteiger partial charge in [-0.1, -0.05) is 24.3 Å². The minimum absolute atomic E-state index is 0.0448. The fourth-order valence-corrected chi connectivity index (χ4v) is 3.80. The van der Waals surface area contributed by atoms with Crippen LogP contribution in [0.15, 0.2) is 55.0 Å². The molecule has 0 amide bonds. The normalized spacial score (nSPS) is 13.8. The molecule has 4 aromatic rings. The predicted molar refractivity (Wildman–Crippen MR) is 132 cm³/mol. The zero-order valence-electron chi connectivity index (χ0n) is 20.5. The summed E-state index contributed by atoms with van der Waals surface area (Å²) in [5.74, 6) is -0.517. The summed E-state index contributed by atoms with van der Waals surface area (Å²) in [6.07, 6.45) is 0.543. The van der Waals surface area contributed by atoms with Crippen molar-refractivity contribution in [2.24, 2.45) is 0 Å². The third kappa shape index (κ3) is 5.66. The summed E-state index contributed by atoms with van der Waals surface area (Å²) < 4.78 is 42.7. The van der Waals surface area contributed by atoms with E-state index in [1.807, 2.05) is 52.0 Å². The lowest BCUT2D eigenvalue weighted by molar-refractivity contribution is 0.152. The van der Waals surface area contributed by atoms with Crippen LogP contribution in [0.1, 0.15) is 63.0 Å². The molecule has 190 valence electrons. The van der Waals surface area contributed by atoms with Gasteiger partial charge in [-0.3, -0.25) is 4.40 Å². The first kappa shape index (κ1) is 25.6. The van der Waals surface area contributed by atoms with E-state index in [0.29, 0.717) is 6.54 Å². The monoisotopic (exact) mass is 498 g/mol. The molecule has 0 aliphatic carbocycles. The van der Waals surface area contributed by atoms with Gasteiger partial charge in [-0.05, 0) is 51.0 Å². The summed E-state index contributed by atoms with van der Waals surface area (Å²) in [5, 5.41) is 16.9. The number of anilines is 1. The van der Waals surface area contributed by atoms with Gasteiger partial charge in [0.05, 0.1) is 35.8 Å². The van der Waals surface area contributed by atoms with Gasteiger partial charge >= 0.3 is 0 Å². The first-order valence-electron chi connectivity index (χ1n) is 11.6. The van der Waals surface area contributed by atoms with E-state index in [1.54, 1.807) is 0 Å². The highest BCUT2D eigenvalue weighted by molar-refractivity contribution is 5.63. The first-order chi connectivity index (χ1) is 17.0. The van der Waals surface area contributed by atoms with Crippen LogP contribution in [0.2, 0.25) is 0 Å². The molecule has 0 saturated carbocycles. The molecule has 0 aliphatic heterocycles. The lowest BCUT2D eigenvalue weighted by Gasteiger charge is -2.23. The Hall–Kier alpha value is -3.50. The molecule has 3 aromatic heterocycles. The smallest absolute Gasteiger partial charge is 0.267 e. The van der Waals surface area contributed by atoms with Crippen LogP contribution < -0.4 is 10.6 Å². The van der Waals surface area contributed by atoms with E-state index in [0.717, 1.165) is 17.3 Å². The Morgan fingerprint density at radius 2 is 1.72 bits per heavy atom. The fraction of sp³-hybridized carbons (Fsp3) is 0.346. The molecule has 4 rings (SSSR count). The van der Waals surface area contributed by atoms with Crippen LogP contribution in [0.25, 0.3) is 17.0 Å². The maximum atomic E-state index is 14.7. The molecule has 3 heterocycles. The van der Waals surface area contributed by atoms with Crippen molar-refractivity contribution in [2.45, 2.75) is 51.8 Å². The third-order valence-corrected chi connectivity index (χ3v) is 5.78. The van der Waals surface area contributed by atoms with E-state index in [9.17, 15) is 18.3 Å². The van der Waals surface area contributed by atoms with Crippen LogP contribution in [0.5, 0.6) is 0 Å². The van der Waals surface area contributed by atoms with Crippen molar-refractivity contribution in [3.63, 3.8) is 0 Å². The number of aliphatic hydroxyl groups excluding tert-OH is 1. The van der Waals surface area contributed by atoms with Gasteiger partial charge in [0, 0.05) is 18.3 Å². The highest BCUT2D eigenvalue weighted by Crippen LogP contribution is 2.28. The molecule has 0 spiro atoms. The standard InChI is InChI=1S/C26H29F3N6O/c1-15(16-7-9-17(10-8-16)21(36)14-32-26(2,3)4)33-25-31-12-19(27)22(34-25)20-13-30-24-18(23(28)29)6-5-11-35(20)24/h5-13,15,21,23,32,36H,14H2,1-4H3,(H,31,33,34)/t15-,21+/m0/s1. The number of nitrogens with zero attached hydrogens (tertiary/aromatic N) is 4. The van der Waals surface area contributed by atoms with Gasteiger partial charge in [0.1, 0.15) is 11.3 Å². The summed E-state index contributed by atoms with van der Waals surface area (Å²) in [7, 11) is 0. The van der Waals surface area contributed by atoms with Crippen molar-refractivity contribution >= 4 is 11.6 Å². The van der Waals surface area contributed by atoms with Gasteiger partial charge in [-0.2, -0.15) is 0 Å². The van der Waals surface area contributed by atoms with Gasteiger partial charge in [0.15, 0.2) is 5.82 Å². The van der Waals surface area contributed by atoms with Crippen molar-refractivity contribution < 1.29 is 18.3 Å². The lowest BCUT2D eigenvalue weighted by atomic mass is 10.0. The number of pyridine rings is 1. The molecule has 3 N–H and O–H groups in total. The van der Waals surface area contributed by atoms with E-state index < -0.39 is 18.3 Å². The number of hydrogen-bond acceptors (Lipinski definition) is 6. The number of fused-ring (bicyclic) bond motifs is 1. The Morgan fingerprint density at radius 1 is 1.03 bits per heavy atom. The van der Waals surface area contributed by atoms with E-state index in [2.05, 4.69) is 25.6 Å². The number of alkyl halides is 2. The van der Waals surface area contributed by atoms with Crippen LogP contribution in [-0.2, 0) is 0 Å². The highest BCUT2D eigenvalue weighted by atomic mass is 19.3. The topological polar surface area (TPSA) is 87.4 Å². The maximum Gasteiger partial charge on any atom is 0.267 e. The summed E-state index contributed by atoms with van der Waals surface area (Å²) in [6, 6.07) is 10.0. The number of benzene rings is 1. The fourth-order valence-electron chi connectivity index (χ4n) is 3.80. The number of hydrogen-bond donors (Lipinski definition) is 3. The lowest BCUT2D eigenvalue weighted by Crippen LogP contribution is -2.38. The van der Waals surface area contributed by atoms with Crippen molar-refractivity contribution in [1.82, 2.24) is 24.7 Å². The minimum atomic E-state index is -2.71. The molecular weight excluding hydrogens is 469 g/mol. The van der Waals surface area contributed by atoms with E-state index in [4.69, 9.17) is 0 Å². The molecule has 0 unspecified atom stereocenters. The van der Waals surface area contributed by atoms with Crippen molar-refractivity contribution in [3.8, 4) is 11.4 Å². The number of aromatic nitrogens is 4. The summed E-state index contributed by atoms with van der Waals surface area (Å²) in [4.78, 5) is 12.4. The average molecular weight is 499 g/mol. The highest BCUT2D eigenvalue weighted by Gasteiger charge is 2.20. The molecule has 0 bridgehead atoms. The van der Waals surface area contributed by atoms with Gasteiger partial charge in [-0.25, -0.2) is 28.1 Å². The maximum absolute atomic E-state index is 14.7. The van der Waals surface area contributed by atoms with Crippen LogP contribution in [0.4, 0.5) is 19.1 Å². The molecule has 0 radical (unpaired) electrons. The summed E-state index contributed by atoms with van der Waals surface area (Å²) >= 11 is 0. The molecule has 36 heavy (non-hydrogen) atoms. The Balaban J connectivity index is 1.52. The Labute approximate surface area is 207 Å². The second-order valence-electron chi connectivity index (χ2n) is 9.67. The van der Waals surface area contributed by atoms with Crippen molar-refractivity contribution in [3.05, 3.63) is 77.5 Å². The average Bonchev–Trinajstić information content (AvgIpc) is 3.27. The largest absolute Gasteiger partial charge is 0.387 e. The van der Waals surface area contributed by atoms with Crippen LogP contribution >= 0.6 is 0 Å². The van der Waals surface area contributed by atoms with Gasteiger partial charge in [0.25, 0.3) is 6.43 Å². The number of halogens is 3. The molecule has 1 aromatic carbocycles. The molecule has 10 heteroatoms. The second kappa shape index (κ2) is 10.2. The minimum Gasteiger partial charge on any atom is -0.387 e. The van der Waals surface area contributed by atoms with Crippen LogP contribution in [-0.4, -0.2) is 36.5 Å². The number of imidazole rings is 1. The van der Waals surface area contributed by atoms with Crippen molar-refractivity contribution in [1.29, 1.82) is 0 Å². The molecular formula is C26H29F3N6O. The predicted octanol–water partition coefficient (Wildman–Crippen LogP) is 5.46. The van der Waals surface area contributed by atoms with Crippen LogP contribution in [0, 0.1) is 5.82 Å². The summed E-state index contributed by atoms with van der Waals surface area (Å²) in [5.41, 5.74) is 1.60. The molecule has 0 aliphatic rings. The van der Waals surface area contributed by atoms with Crippen LogP contribution in [0.3, 0.4) is 0 Å². The number of rotatable bonds is 8. The summed E-state index contributed by atoms with van der Waals surface area (Å²) in [6.45, 7) is 8.45.